The Morgan fingerprint density at radius 3 is 2.69 bits per heavy atom. The van der Waals surface area contributed by atoms with Gasteiger partial charge in [0.1, 0.15) is 0 Å². The largest absolute Gasteiger partial charge is 0.334 e. The van der Waals surface area contributed by atoms with Crippen molar-refractivity contribution in [3.63, 3.8) is 0 Å². The van der Waals surface area contributed by atoms with Crippen molar-refractivity contribution >= 4 is 23.7 Å². The molecule has 0 unspecified atom stereocenters. The van der Waals surface area contributed by atoms with Gasteiger partial charge in [0.05, 0.1) is 5.25 Å². The Bertz CT molecular complexity index is 808. The summed E-state index contributed by atoms with van der Waals surface area (Å²) < 4.78 is 0. The fourth-order valence-electron chi connectivity index (χ4n) is 2.18. The monoisotopic (exact) mass is 374 g/mol. The first-order valence-electron chi connectivity index (χ1n) is 8.37. The second kappa shape index (κ2) is 9.76. The predicted octanol–water partition coefficient (Wildman–Crippen LogP) is 2.23. The summed E-state index contributed by atoms with van der Waals surface area (Å²) in [6.07, 6.45) is 1.57. The van der Waals surface area contributed by atoms with E-state index in [4.69, 9.17) is 0 Å². The molecule has 2 rings (SSSR count). The molecule has 0 fully saturated rings. The van der Waals surface area contributed by atoms with Crippen LogP contribution in [0, 0.1) is 0 Å². The number of aromatic nitrogens is 2. The number of carbonyl (C=O) groups is 2. The number of hydrogen-bond acceptors (Lipinski definition) is 5. The van der Waals surface area contributed by atoms with Crippen LogP contribution in [-0.4, -0.2) is 27.2 Å². The number of carbonyl (C=O) groups excluding carboxylic acids is 2. The Morgan fingerprint density at radius 1 is 1.27 bits per heavy atom. The quantitative estimate of drug-likeness (QED) is 0.509. The lowest BCUT2D eigenvalue weighted by atomic mass is 10.2. The number of imide groups is 1. The highest BCUT2D eigenvalue weighted by molar-refractivity contribution is 8.00. The molecule has 138 valence electrons. The van der Waals surface area contributed by atoms with Gasteiger partial charge in [-0.25, -0.2) is 9.78 Å². The SMILES string of the molecule is CCCc1cc(=O)[nH]c(S[C@@H](C)C(=O)NC(=O)NCc2ccccc2)n1. The molecule has 2 aromatic rings. The first kappa shape index (κ1) is 19.7. The van der Waals surface area contributed by atoms with Crippen molar-refractivity contribution in [2.45, 2.75) is 43.6 Å². The van der Waals surface area contributed by atoms with Gasteiger partial charge in [-0.3, -0.25) is 14.9 Å². The maximum Gasteiger partial charge on any atom is 0.321 e. The fourth-order valence-corrected chi connectivity index (χ4v) is 3.01. The third kappa shape index (κ3) is 6.36. The van der Waals surface area contributed by atoms with Crippen LogP contribution in [0.2, 0.25) is 0 Å². The molecule has 26 heavy (non-hydrogen) atoms. The topological polar surface area (TPSA) is 104 Å². The molecule has 1 heterocycles. The Balaban J connectivity index is 1.87. The zero-order valence-corrected chi connectivity index (χ0v) is 15.6. The van der Waals surface area contributed by atoms with E-state index < -0.39 is 17.2 Å². The van der Waals surface area contributed by atoms with Crippen LogP contribution in [0.5, 0.6) is 0 Å². The van der Waals surface area contributed by atoms with Gasteiger partial charge in [-0.2, -0.15) is 0 Å². The number of urea groups is 1. The summed E-state index contributed by atoms with van der Waals surface area (Å²) >= 11 is 1.10. The molecule has 1 aromatic carbocycles. The van der Waals surface area contributed by atoms with Gasteiger partial charge in [0.15, 0.2) is 5.16 Å². The van der Waals surface area contributed by atoms with Crippen LogP contribution in [0.15, 0.2) is 46.3 Å². The van der Waals surface area contributed by atoms with E-state index in [0.717, 1.165) is 23.7 Å². The summed E-state index contributed by atoms with van der Waals surface area (Å²) in [6.45, 7) is 3.98. The van der Waals surface area contributed by atoms with Crippen molar-refractivity contribution in [2.24, 2.45) is 0 Å². The predicted molar refractivity (Wildman–Crippen MR) is 101 cm³/mol. The second-order valence-electron chi connectivity index (χ2n) is 5.71. The highest BCUT2D eigenvalue weighted by atomic mass is 32.2. The van der Waals surface area contributed by atoms with Crippen LogP contribution < -0.4 is 16.2 Å². The molecular formula is C18H22N4O3S. The molecule has 0 radical (unpaired) electrons. The van der Waals surface area contributed by atoms with Gasteiger partial charge in [-0.15, -0.1) is 0 Å². The number of hydrogen-bond donors (Lipinski definition) is 3. The van der Waals surface area contributed by atoms with Crippen LogP contribution in [0.25, 0.3) is 0 Å². The summed E-state index contributed by atoms with van der Waals surface area (Å²) in [6, 6.07) is 10.3. The number of aromatic amines is 1. The van der Waals surface area contributed by atoms with Crippen LogP contribution >= 0.6 is 11.8 Å². The van der Waals surface area contributed by atoms with Gasteiger partial charge in [0, 0.05) is 18.3 Å². The van der Waals surface area contributed by atoms with Crippen LogP contribution in [0.3, 0.4) is 0 Å². The minimum absolute atomic E-state index is 0.251. The molecule has 3 N–H and O–H groups in total. The van der Waals surface area contributed by atoms with E-state index in [1.807, 2.05) is 37.3 Å². The minimum Gasteiger partial charge on any atom is -0.334 e. The zero-order valence-electron chi connectivity index (χ0n) is 14.7. The lowest BCUT2D eigenvalue weighted by molar-refractivity contribution is -0.119. The molecule has 7 nitrogen and oxygen atoms in total. The van der Waals surface area contributed by atoms with Crippen LogP contribution in [0.1, 0.15) is 31.5 Å². The maximum atomic E-state index is 12.2. The van der Waals surface area contributed by atoms with Gasteiger partial charge in [-0.05, 0) is 18.9 Å². The summed E-state index contributed by atoms with van der Waals surface area (Å²) in [5.74, 6) is -0.455. The van der Waals surface area contributed by atoms with Crippen molar-refractivity contribution in [1.29, 1.82) is 0 Å². The molecule has 0 spiro atoms. The number of aryl methyl sites for hydroxylation is 1. The number of benzene rings is 1. The molecule has 1 atom stereocenters. The van der Waals surface area contributed by atoms with Crippen LogP contribution in [0.4, 0.5) is 4.79 Å². The van der Waals surface area contributed by atoms with Gasteiger partial charge >= 0.3 is 6.03 Å². The number of H-pyrrole nitrogens is 1. The van der Waals surface area contributed by atoms with E-state index in [-0.39, 0.29) is 5.56 Å². The van der Waals surface area contributed by atoms with E-state index in [1.165, 1.54) is 6.07 Å². The lowest BCUT2D eigenvalue weighted by Crippen LogP contribution is -2.42. The van der Waals surface area contributed by atoms with Gasteiger partial charge in [0.25, 0.3) is 5.56 Å². The Hall–Kier alpha value is -2.61. The molecule has 1 aromatic heterocycles. The van der Waals surface area contributed by atoms with Crippen molar-refractivity contribution in [3.05, 3.63) is 58.0 Å². The molecule has 0 bridgehead atoms. The second-order valence-corrected chi connectivity index (χ2v) is 7.04. The average Bonchev–Trinajstić information content (AvgIpc) is 2.60. The molecule has 8 heteroatoms. The summed E-state index contributed by atoms with van der Waals surface area (Å²) in [5.41, 5.74) is 1.37. The average molecular weight is 374 g/mol. The number of thioether (sulfide) groups is 1. The molecular weight excluding hydrogens is 352 g/mol. The third-order valence-corrected chi connectivity index (χ3v) is 4.45. The molecule has 3 amide bonds. The van der Waals surface area contributed by atoms with E-state index in [1.54, 1.807) is 6.92 Å². The van der Waals surface area contributed by atoms with Gasteiger partial charge in [-0.1, -0.05) is 55.4 Å². The Morgan fingerprint density at radius 2 is 2.00 bits per heavy atom. The summed E-state index contributed by atoms with van der Waals surface area (Å²) in [5, 5.41) is 4.71. The molecule has 0 aliphatic carbocycles. The van der Waals surface area contributed by atoms with Crippen molar-refractivity contribution in [1.82, 2.24) is 20.6 Å². The number of nitrogens with one attached hydrogen (secondary N) is 3. The fraction of sp³-hybridized carbons (Fsp3) is 0.333. The van der Waals surface area contributed by atoms with Crippen molar-refractivity contribution in [2.75, 3.05) is 0 Å². The van der Waals surface area contributed by atoms with E-state index in [9.17, 15) is 14.4 Å². The first-order chi connectivity index (χ1) is 12.5. The van der Waals surface area contributed by atoms with Crippen LogP contribution in [-0.2, 0) is 17.8 Å². The number of rotatable bonds is 7. The maximum absolute atomic E-state index is 12.2. The third-order valence-electron chi connectivity index (χ3n) is 3.47. The van der Waals surface area contributed by atoms with E-state index in [0.29, 0.717) is 23.8 Å². The minimum atomic E-state index is -0.586. The highest BCUT2D eigenvalue weighted by Crippen LogP contribution is 2.18. The zero-order chi connectivity index (χ0) is 18.9. The van der Waals surface area contributed by atoms with Gasteiger partial charge < -0.3 is 10.3 Å². The molecule has 0 saturated carbocycles. The summed E-state index contributed by atoms with van der Waals surface area (Å²) in [4.78, 5) is 42.6. The molecule has 0 aliphatic heterocycles. The Kier molecular flexibility index (Phi) is 7.40. The highest BCUT2D eigenvalue weighted by Gasteiger charge is 2.18. The van der Waals surface area contributed by atoms with E-state index in [2.05, 4.69) is 20.6 Å². The van der Waals surface area contributed by atoms with Crippen molar-refractivity contribution in [3.8, 4) is 0 Å². The smallest absolute Gasteiger partial charge is 0.321 e. The molecule has 0 aliphatic rings. The number of nitrogens with zero attached hydrogens (tertiary/aromatic N) is 1. The summed E-state index contributed by atoms with van der Waals surface area (Å²) in [7, 11) is 0. The van der Waals surface area contributed by atoms with Crippen molar-refractivity contribution < 1.29 is 9.59 Å². The Labute approximate surface area is 156 Å². The standard InChI is InChI=1S/C18H22N4O3S/c1-3-7-14-10-15(23)21-18(20-14)26-12(2)16(24)22-17(25)19-11-13-8-5-4-6-9-13/h4-6,8-10,12H,3,7,11H2,1-2H3,(H,20,21,23)(H2,19,22,24,25)/t12-/m0/s1. The molecule has 0 saturated heterocycles. The van der Waals surface area contributed by atoms with E-state index >= 15 is 0 Å². The normalized spacial score (nSPS) is 11.6. The first-order valence-corrected chi connectivity index (χ1v) is 9.25. The lowest BCUT2D eigenvalue weighted by Gasteiger charge is -2.12. The number of amides is 3. The van der Waals surface area contributed by atoms with Gasteiger partial charge in [0.2, 0.25) is 5.91 Å².